The summed E-state index contributed by atoms with van der Waals surface area (Å²) in [6.45, 7) is 2.37. The zero-order valence-corrected chi connectivity index (χ0v) is 11.4. The summed E-state index contributed by atoms with van der Waals surface area (Å²) in [6, 6.07) is 0.630. The third-order valence-corrected chi connectivity index (χ3v) is 4.47. The number of likely N-dealkylation sites (tertiary alicyclic amines) is 1. The first kappa shape index (κ1) is 12.1. The Kier molecular flexibility index (Phi) is 4.05. The van der Waals surface area contributed by atoms with Crippen LogP contribution < -0.4 is 4.90 Å². The average Bonchev–Trinajstić information content (AvgIpc) is 2.77. The molecule has 0 unspecified atom stereocenters. The van der Waals surface area contributed by atoms with Crippen LogP contribution in [0, 0.1) is 0 Å². The molecule has 0 bridgehead atoms. The van der Waals surface area contributed by atoms with E-state index in [1.54, 1.807) is 11.3 Å². The number of halogens is 1. The lowest BCUT2D eigenvalue weighted by atomic mass is 10.0. The summed E-state index contributed by atoms with van der Waals surface area (Å²) in [4.78, 5) is 9.22. The molecular formula is C11H18ClN3S. The van der Waals surface area contributed by atoms with Crippen LogP contribution in [0.1, 0.15) is 18.5 Å². The smallest absolute Gasteiger partial charge is 0.185 e. The molecule has 0 atom stereocenters. The van der Waals surface area contributed by atoms with Gasteiger partial charge in [-0.15, -0.1) is 22.9 Å². The summed E-state index contributed by atoms with van der Waals surface area (Å²) in [7, 11) is 4.33. The number of hydrogen-bond acceptors (Lipinski definition) is 4. The van der Waals surface area contributed by atoms with Crippen LogP contribution in [0.4, 0.5) is 5.13 Å². The highest BCUT2D eigenvalue weighted by molar-refractivity contribution is 7.13. The molecule has 16 heavy (non-hydrogen) atoms. The number of aromatic nitrogens is 1. The standard InChI is InChI=1S/C11H18ClN3S/c1-14-5-3-10(4-6-14)15(2)11-13-9(7-12)8-16-11/h8,10H,3-7H2,1-2H3. The second-order valence-electron chi connectivity index (χ2n) is 4.40. The quantitative estimate of drug-likeness (QED) is 0.778. The number of hydrogen-bond donors (Lipinski definition) is 0. The molecule has 2 heterocycles. The van der Waals surface area contributed by atoms with Crippen LogP contribution in [-0.4, -0.2) is 43.1 Å². The highest BCUT2D eigenvalue weighted by Gasteiger charge is 2.22. The maximum absolute atomic E-state index is 5.77. The van der Waals surface area contributed by atoms with Crippen molar-refractivity contribution in [3.8, 4) is 0 Å². The predicted molar refractivity (Wildman–Crippen MR) is 70.6 cm³/mol. The first-order valence-corrected chi connectivity index (χ1v) is 7.04. The fourth-order valence-corrected chi connectivity index (χ4v) is 3.15. The molecule has 1 aromatic rings. The van der Waals surface area contributed by atoms with Crippen LogP contribution in [-0.2, 0) is 5.88 Å². The Labute approximate surface area is 106 Å². The number of anilines is 1. The molecule has 0 radical (unpaired) electrons. The number of alkyl halides is 1. The van der Waals surface area contributed by atoms with Crippen molar-refractivity contribution >= 4 is 28.1 Å². The molecule has 1 aromatic heterocycles. The third kappa shape index (κ3) is 2.67. The summed E-state index contributed by atoms with van der Waals surface area (Å²) in [6.07, 6.45) is 2.45. The molecule has 5 heteroatoms. The second-order valence-corrected chi connectivity index (χ2v) is 5.50. The molecule has 1 saturated heterocycles. The molecule has 2 rings (SSSR count). The number of piperidine rings is 1. The van der Waals surface area contributed by atoms with Gasteiger partial charge in [-0.2, -0.15) is 0 Å². The predicted octanol–water partition coefficient (Wildman–Crippen LogP) is 2.41. The van der Waals surface area contributed by atoms with Crippen LogP contribution in [0.2, 0.25) is 0 Å². The molecular weight excluding hydrogens is 242 g/mol. The molecule has 0 aromatic carbocycles. The van der Waals surface area contributed by atoms with E-state index in [2.05, 4.69) is 28.9 Å². The highest BCUT2D eigenvalue weighted by atomic mass is 35.5. The van der Waals surface area contributed by atoms with E-state index in [1.165, 1.54) is 25.9 Å². The van der Waals surface area contributed by atoms with E-state index in [-0.39, 0.29) is 0 Å². The van der Waals surface area contributed by atoms with Crippen LogP contribution in [0.3, 0.4) is 0 Å². The fourth-order valence-electron chi connectivity index (χ4n) is 2.06. The third-order valence-electron chi connectivity index (χ3n) is 3.21. The molecule has 1 fully saturated rings. The molecule has 0 amide bonds. The van der Waals surface area contributed by atoms with Crippen molar-refractivity contribution in [2.45, 2.75) is 24.8 Å². The maximum atomic E-state index is 5.77. The Morgan fingerprint density at radius 3 is 2.81 bits per heavy atom. The van der Waals surface area contributed by atoms with Crippen molar-refractivity contribution in [2.24, 2.45) is 0 Å². The molecule has 1 aliphatic rings. The lowest BCUT2D eigenvalue weighted by Gasteiger charge is -2.34. The van der Waals surface area contributed by atoms with Gasteiger partial charge >= 0.3 is 0 Å². The van der Waals surface area contributed by atoms with Crippen LogP contribution >= 0.6 is 22.9 Å². The van der Waals surface area contributed by atoms with E-state index in [0.717, 1.165) is 10.8 Å². The Hall–Kier alpha value is -0.320. The molecule has 0 spiro atoms. The van der Waals surface area contributed by atoms with E-state index >= 15 is 0 Å². The van der Waals surface area contributed by atoms with Crippen LogP contribution in [0.5, 0.6) is 0 Å². The van der Waals surface area contributed by atoms with Gasteiger partial charge in [-0.1, -0.05) is 0 Å². The monoisotopic (exact) mass is 259 g/mol. The van der Waals surface area contributed by atoms with E-state index < -0.39 is 0 Å². The van der Waals surface area contributed by atoms with Gasteiger partial charge in [0, 0.05) is 18.5 Å². The zero-order chi connectivity index (χ0) is 11.5. The maximum Gasteiger partial charge on any atom is 0.185 e. The summed E-state index contributed by atoms with van der Waals surface area (Å²) in [5.74, 6) is 0.512. The van der Waals surface area contributed by atoms with Crippen molar-refractivity contribution in [3.05, 3.63) is 11.1 Å². The largest absolute Gasteiger partial charge is 0.348 e. The number of nitrogens with zero attached hydrogens (tertiary/aromatic N) is 3. The average molecular weight is 260 g/mol. The van der Waals surface area contributed by atoms with Gasteiger partial charge in [0.05, 0.1) is 11.6 Å². The minimum absolute atomic E-state index is 0.512. The molecule has 0 aliphatic carbocycles. The second kappa shape index (κ2) is 5.34. The van der Waals surface area contributed by atoms with Crippen molar-refractivity contribution in [1.82, 2.24) is 9.88 Å². The van der Waals surface area contributed by atoms with E-state index in [1.807, 2.05) is 5.38 Å². The zero-order valence-electron chi connectivity index (χ0n) is 9.82. The molecule has 0 saturated carbocycles. The topological polar surface area (TPSA) is 19.4 Å². The molecule has 3 nitrogen and oxygen atoms in total. The van der Waals surface area contributed by atoms with E-state index in [9.17, 15) is 0 Å². The molecule has 1 aliphatic heterocycles. The van der Waals surface area contributed by atoms with Gasteiger partial charge in [0.15, 0.2) is 5.13 Å². The molecule has 0 N–H and O–H groups in total. The van der Waals surface area contributed by atoms with Crippen LogP contribution in [0.15, 0.2) is 5.38 Å². The fraction of sp³-hybridized carbons (Fsp3) is 0.727. The van der Waals surface area contributed by atoms with Crippen molar-refractivity contribution in [1.29, 1.82) is 0 Å². The minimum atomic E-state index is 0.512. The van der Waals surface area contributed by atoms with E-state index in [0.29, 0.717) is 11.9 Å². The van der Waals surface area contributed by atoms with Gasteiger partial charge in [-0.25, -0.2) is 4.98 Å². The van der Waals surface area contributed by atoms with Gasteiger partial charge in [0.25, 0.3) is 0 Å². The minimum Gasteiger partial charge on any atom is -0.348 e. The van der Waals surface area contributed by atoms with E-state index in [4.69, 9.17) is 11.6 Å². The Morgan fingerprint density at radius 1 is 1.56 bits per heavy atom. The Bertz CT molecular complexity index is 334. The number of rotatable bonds is 3. The van der Waals surface area contributed by atoms with Gasteiger partial charge in [0.2, 0.25) is 0 Å². The summed E-state index contributed by atoms with van der Waals surface area (Å²) in [5.41, 5.74) is 0.987. The Balaban J connectivity index is 1.98. The van der Waals surface area contributed by atoms with Gasteiger partial charge in [-0.3, -0.25) is 0 Å². The Morgan fingerprint density at radius 2 is 2.25 bits per heavy atom. The SMILES string of the molecule is CN1CCC(N(C)c2nc(CCl)cs2)CC1. The molecule has 90 valence electrons. The highest BCUT2D eigenvalue weighted by Crippen LogP contribution is 2.25. The van der Waals surface area contributed by atoms with Crippen molar-refractivity contribution < 1.29 is 0 Å². The van der Waals surface area contributed by atoms with Gasteiger partial charge in [0.1, 0.15) is 0 Å². The summed E-state index contributed by atoms with van der Waals surface area (Å²) < 4.78 is 0. The first-order chi connectivity index (χ1) is 7.70. The van der Waals surface area contributed by atoms with Crippen molar-refractivity contribution in [2.75, 3.05) is 32.1 Å². The van der Waals surface area contributed by atoms with Gasteiger partial charge in [-0.05, 0) is 33.0 Å². The first-order valence-electron chi connectivity index (χ1n) is 5.62. The van der Waals surface area contributed by atoms with Crippen LogP contribution in [0.25, 0.3) is 0 Å². The lowest BCUT2D eigenvalue weighted by molar-refractivity contribution is 0.253. The van der Waals surface area contributed by atoms with Crippen molar-refractivity contribution in [3.63, 3.8) is 0 Å². The van der Waals surface area contributed by atoms with Gasteiger partial charge < -0.3 is 9.80 Å². The number of thiazole rings is 1. The lowest BCUT2D eigenvalue weighted by Crippen LogP contribution is -2.41. The normalized spacial score (nSPS) is 18.9. The summed E-state index contributed by atoms with van der Waals surface area (Å²) in [5, 5.41) is 3.15. The summed E-state index contributed by atoms with van der Waals surface area (Å²) >= 11 is 7.46.